The molecular weight excluding hydrogens is 150 g/mol. The molecule has 0 amide bonds. The van der Waals surface area contributed by atoms with Gasteiger partial charge in [-0.3, -0.25) is 0 Å². The van der Waals surface area contributed by atoms with Gasteiger partial charge in [-0.2, -0.15) is 0 Å². The first kappa shape index (κ1) is 9.39. The lowest BCUT2D eigenvalue weighted by atomic mass is 10.3. The molecule has 0 saturated heterocycles. The molecule has 12 heavy (non-hydrogen) atoms. The Bertz CT molecular complexity index is 145. The lowest BCUT2D eigenvalue weighted by Crippen LogP contribution is -2.26. The number of unbranched alkanes of at least 4 members (excludes halogenated alkanes) is 1. The van der Waals surface area contributed by atoms with Crippen LogP contribution in [0.2, 0.25) is 0 Å². The summed E-state index contributed by atoms with van der Waals surface area (Å²) >= 11 is 0. The van der Waals surface area contributed by atoms with Crippen molar-refractivity contribution in [1.29, 1.82) is 0 Å². The molecular formula is C9H19N3. The van der Waals surface area contributed by atoms with Gasteiger partial charge in [-0.1, -0.05) is 0 Å². The predicted octanol–water partition coefficient (Wildman–Crippen LogP) is 0.791. The summed E-state index contributed by atoms with van der Waals surface area (Å²) in [5.41, 5.74) is 5.42. The van der Waals surface area contributed by atoms with Crippen molar-refractivity contribution in [3.8, 4) is 0 Å². The first-order chi connectivity index (χ1) is 5.86. The maximum absolute atomic E-state index is 5.42. The Balaban J connectivity index is 2.08. The lowest BCUT2D eigenvalue weighted by Gasteiger charge is -2.19. The van der Waals surface area contributed by atoms with Gasteiger partial charge in [-0.15, -0.1) is 0 Å². The van der Waals surface area contributed by atoms with Gasteiger partial charge in [0.25, 0.3) is 0 Å². The normalized spacial score (nSPS) is 16.2. The highest BCUT2D eigenvalue weighted by molar-refractivity contribution is 4.89. The average molecular weight is 169 g/mol. The third-order valence-electron chi connectivity index (χ3n) is 2.16. The van der Waals surface area contributed by atoms with E-state index in [1.54, 1.807) is 0 Å². The fourth-order valence-corrected chi connectivity index (χ4v) is 1.33. The van der Waals surface area contributed by atoms with E-state index in [0.29, 0.717) is 0 Å². The third-order valence-corrected chi connectivity index (χ3v) is 2.16. The Morgan fingerprint density at radius 2 is 2.00 bits per heavy atom. The topological polar surface area (TPSA) is 32.5 Å². The zero-order valence-corrected chi connectivity index (χ0v) is 7.87. The first-order valence-corrected chi connectivity index (χ1v) is 4.73. The van der Waals surface area contributed by atoms with Crippen LogP contribution in [0, 0.1) is 0 Å². The van der Waals surface area contributed by atoms with E-state index in [4.69, 9.17) is 5.73 Å². The van der Waals surface area contributed by atoms with Gasteiger partial charge < -0.3 is 15.5 Å². The summed E-state index contributed by atoms with van der Waals surface area (Å²) in [5, 5.41) is 0. The Morgan fingerprint density at radius 1 is 1.25 bits per heavy atom. The molecule has 3 heteroatoms. The second-order valence-electron chi connectivity index (χ2n) is 3.15. The maximum Gasteiger partial charge on any atom is 0.0893 e. The summed E-state index contributed by atoms with van der Waals surface area (Å²) in [7, 11) is 0. The van der Waals surface area contributed by atoms with Gasteiger partial charge in [0.15, 0.2) is 0 Å². The minimum Gasteiger partial charge on any atom is -0.359 e. The van der Waals surface area contributed by atoms with Crippen LogP contribution in [0.4, 0.5) is 0 Å². The number of hydrogen-bond acceptors (Lipinski definition) is 3. The van der Waals surface area contributed by atoms with E-state index >= 15 is 0 Å². The van der Waals surface area contributed by atoms with Crippen LogP contribution in [0.25, 0.3) is 0 Å². The molecule has 0 aromatic carbocycles. The molecule has 0 bridgehead atoms. The molecule has 0 aromatic heterocycles. The molecule has 1 aliphatic heterocycles. The van der Waals surface area contributed by atoms with Crippen molar-refractivity contribution >= 4 is 0 Å². The zero-order chi connectivity index (χ0) is 8.81. The Morgan fingerprint density at radius 3 is 2.58 bits per heavy atom. The standard InChI is InChI=1S/C9H19N3/c1-2-11-7-8-12(9-11)6-4-3-5-10/h7-8H,2-6,9-10H2,1H3. The average Bonchev–Trinajstić information content (AvgIpc) is 2.53. The fourth-order valence-electron chi connectivity index (χ4n) is 1.33. The summed E-state index contributed by atoms with van der Waals surface area (Å²) in [6.07, 6.45) is 6.66. The minimum absolute atomic E-state index is 0.815. The third kappa shape index (κ3) is 2.74. The Hall–Kier alpha value is -0.700. The van der Waals surface area contributed by atoms with Gasteiger partial charge >= 0.3 is 0 Å². The van der Waals surface area contributed by atoms with Crippen LogP contribution in [-0.2, 0) is 0 Å². The summed E-state index contributed by atoms with van der Waals surface area (Å²) < 4.78 is 0. The molecule has 0 fully saturated rings. The van der Waals surface area contributed by atoms with Crippen molar-refractivity contribution in [3.63, 3.8) is 0 Å². The van der Waals surface area contributed by atoms with Crippen molar-refractivity contribution in [3.05, 3.63) is 12.4 Å². The van der Waals surface area contributed by atoms with E-state index in [1.807, 2.05) is 0 Å². The molecule has 0 atom stereocenters. The zero-order valence-electron chi connectivity index (χ0n) is 7.87. The molecule has 0 aliphatic carbocycles. The molecule has 0 unspecified atom stereocenters. The molecule has 1 heterocycles. The minimum atomic E-state index is 0.815. The molecule has 0 radical (unpaired) electrons. The smallest absolute Gasteiger partial charge is 0.0893 e. The van der Waals surface area contributed by atoms with Gasteiger partial charge in [-0.25, -0.2) is 0 Å². The van der Waals surface area contributed by atoms with Crippen molar-refractivity contribution in [2.75, 3.05) is 26.3 Å². The SMILES string of the molecule is CCN1C=CN(CCCCN)C1. The quantitative estimate of drug-likeness (QED) is 0.618. The van der Waals surface area contributed by atoms with E-state index in [0.717, 1.165) is 32.7 Å². The van der Waals surface area contributed by atoms with E-state index in [9.17, 15) is 0 Å². The predicted molar refractivity (Wildman–Crippen MR) is 51.4 cm³/mol. The highest BCUT2D eigenvalue weighted by atomic mass is 15.3. The largest absolute Gasteiger partial charge is 0.359 e. The molecule has 0 aromatic rings. The van der Waals surface area contributed by atoms with Crippen LogP contribution in [0.15, 0.2) is 12.4 Å². The second-order valence-corrected chi connectivity index (χ2v) is 3.15. The maximum atomic E-state index is 5.42. The summed E-state index contributed by atoms with van der Waals surface area (Å²) in [4.78, 5) is 4.63. The lowest BCUT2D eigenvalue weighted by molar-refractivity contribution is 0.270. The second kappa shape index (κ2) is 5.04. The Kier molecular flexibility index (Phi) is 3.94. The highest BCUT2D eigenvalue weighted by Gasteiger charge is 2.08. The molecule has 3 nitrogen and oxygen atoms in total. The van der Waals surface area contributed by atoms with Gasteiger partial charge in [0, 0.05) is 25.5 Å². The van der Waals surface area contributed by atoms with Crippen molar-refractivity contribution in [2.24, 2.45) is 5.73 Å². The summed E-state index contributed by atoms with van der Waals surface area (Å²) in [6, 6.07) is 0. The van der Waals surface area contributed by atoms with Crippen molar-refractivity contribution in [1.82, 2.24) is 9.80 Å². The van der Waals surface area contributed by atoms with Gasteiger partial charge in [0.05, 0.1) is 6.67 Å². The summed E-state index contributed by atoms with van der Waals surface area (Å²) in [5.74, 6) is 0. The van der Waals surface area contributed by atoms with E-state index in [2.05, 4.69) is 29.1 Å². The van der Waals surface area contributed by atoms with Crippen LogP contribution in [-0.4, -0.2) is 36.1 Å². The first-order valence-electron chi connectivity index (χ1n) is 4.73. The highest BCUT2D eigenvalue weighted by Crippen LogP contribution is 2.06. The molecule has 70 valence electrons. The molecule has 0 saturated carbocycles. The van der Waals surface area contributed by atoms with Crippen LogP contribution in [0.3, 0.4) is 0 Å². The van der Waals surface area contributed by atoms with Crippen LogP contribution >= 0.6 is 0 Å². The van der Waals surface area contributed by atoms with Crippen LogP contribution < -0.4 is 5.73 Å². The van der Waals surface area contributed by atoms with E-state index < -0.39 is 0 Å². The number of nitrogens with zero attached hydrogens (tertiary/aromatic N) is 2. The number of rotatable bonds is 5. The van der Waals surface area contributed by atoms with Crippen molar-refractivity contribution in [2.45, 2.75) is 19.8 Å². The molecule has 0 spiro atoms. The Labute approximate surface area is 74.8 Å². The van der Waals surface area contributed by atoms with E-state index in [1.165, 1.54) is 6.42 Å². The van der Waals surface area contributed by atoms with Crippen molar-refractivity contribution < 1.29 is 0 Å². The monoisotopic (exact) mass is 169 g/mol. The molecule has 1 aliphatic rings. The van der Waals surface area contributed by atoms with Crippen LogP contribution in [0.5, 0.6) is 0 Å². The van der Waals surface area contributed by atoms with Gasteiger partial charge in [0.2, 0.25) is 0 Å². The van der Waals surface area contributed by atoms with Gasteiger partial charge in [-0.05, 0) is 26.3 Å². The van der Waals surface area contributed by atoms with E-state index in [-0.39, 0.29) is 0 Å². The fraction of sp³-hybridized carbons (Fsp3) is 0.778. The summed E-state index contributed by atoms with van der Waals surface area (Å²) in [6.45, 7) is 6.29. The van der Waals surface area contributed by atoms with Crippen LogP contribution in [0.1, 0.15) is 19.8 Å². The molecule has 2 N–H and O–H groups in total. The number of hydrogen-bond donors (Lipinski definition) is 1. The molecule has 1 rings (SSSR count). The van der Waals surface area contributed by atoms with Gasteiger partial charge in [0.1, 0.15) is 0 Å². The number of nitrogens with two attached hydrogens (primary N) is 1.